The Balaban J connectivity index is 3.06. The highest BCUT2D eigenvalue weighted by Gasteiger charge is 2.49. The molecule has 0 amide bonds. The van der Waals surface area contributed by atoms with Crippen LogP contribution in [0.2, 0.25) is 0 Å². The smallest absolute Gasteiger partial charge is 0.192 e. The molecule has 1 heterocycles. The first-order chi connectivity index (χ1) is 13.9. The van der Waals surface area contributed by atoms with Gasteiger partial charge in [0.1, 0.15) is 5.50 Å². The molecule has 31 heavy (non-hydrogen) atoms. The van der Waals surface area contributed by atoms with E-state index in [4.69, 9.17) is 25.8 Å². The lowest BCUT2D eigenvalue weighted by Crippen LogP contribution is -2.21. The largest absolute Gasteiger partial charge is 0.494 e. The fraction of sp³-hybridized carbons (Fsp3) is 0.615. The molecule has 1 aliphatic heterocycles. The van der Waals surface area contributed by atoms with Crippen LogP contribution in [0.4, 0.5) is 5.69 Å². The molecule has 1 aromatic rings. The number of hydrogen-bond acceptors (Lipinski definition) is 3. The molecule has 1 aromatic carbocycles. The maximum atomic E-state index is 6.48. The van der Waals surface area contributed by atoms with Gasteiger partial charge in [0.05, 0.1) is 27.0 Å². The Morgan fingerprint density at radius 3 is 1.61 bits per heavy atom. The molecule has 3 nitrogen and oxygen atoms in total. The molecule has 1 aliphatic rings. The van der Waals surface area contributed by atoms with Crippen LogP contribution in [0.5, 0.6) is 0 Å². The number of rotatable bonds is 4. The second kappa shape index (κ2) is 8.31. The van der Waals surface area contributed by atoms with Crippen LogP contribution >= 0.6 is 18.7 Å². The fourth-order valence-electron chi connectivity index (χ4n) is 3.94. The van der Waals surface area contributed by atoms with Gasteiger partial charge in [0, 0.05) is 10.6 Å². The molecule has 1 atom stereocenters. The molecule has 2 rings (SSSR count). The normalized spacial score (nSPS) is 20.5. The van der Waals surface area contributed by atoms with Gasteiger partial charge in [-0.25, -0.2) is 0 Å². The Morgan fingerprint density at radius 1 is 0.871 bits per heavy atom. The van der Waals surface area contributed by atoms with Crippen LogP contribution in [0.1, 0.15) is 92.9 Å². The van der Waals surface area contributed by atoms with E-state index in [2.05, 4.69) is 81.4 Å². The van der Waals surface area contributed by atoms with Crippen LogP contribution in [-0.4, -0.2) is 14.2 Å². The van der Waals surface area contributed by atoms with Gasteiger partial charge in [-0.3, -0.25) is 4.74 Å². The Bertz CT molecular complexity index is 961. The van der Waals surface area contributed by atoms with Crippen molar-refractivity contribution >= 4 is 24.3 Å². The van der Waals surface area contributed by atoms with E-state index in [0.29, 0.717) is 5.22 Å². The standard InChI is InChI=1S/C26H41ClNO2P/c1-16(22(27)29-12)31(17(2)23(31)30-13)28-21-19(25(6,7)8)14-18(24(3,4)5)15-20(21)26(9,10)11/h14-15H,1-13H3/b22-16+. The molecule has 0 aliphatic carbocycles. The minimum absolute atomic E-state index is 0.0476. The maximum Gasteiger partial charge on any atom is 0.192 e. The lowest BCUT2D eigenvalue weighted by atomic mass is 9.74. The zero-order valence-electron chi connectivity index (χ0n) is 21.7. The van der Waals surface area contributed by atoms with E-state index >= 15 is 0 Å². The summed E-state index contributed by atoms with van der Waals surface area (Å²) in [5.74, 6) is 0. The Kier molecular flexibility index (Phi) is 6.99. The molecule has 0 aromatic heterocycles. The highest BCUT2D eigenvalue weighted by Crippen LogP contribution is 2.85. The predicted octanol–water partition coefficient (Wildman–Crippen LogP) is 9.34. The Morgan fingerprint density at radius 2 is 1.32 bits per heavy atom. The Hall–Kier alpha value is -1.18. The van der Waals surface area contributed by atoms with E-state index in [-0.39, 0.29) is 16.2 Å². The third kappa shape index (κ3) is 4.79. The average molecular weight is 466 g/mol. The second-order valence-corrected chi connectivity index (χ2v) is 15.1. The molecule has 0 saturated carbocycles. The van der Waals surface area contributed by atoms with Crippen LogP contribution in [0, 0.1) is 0 Å². The van der Waals surface area contributed by atoms with Crippen molar-refractivity contribution in [2.45, 2.75) is 92.4 Å². The first-order valence-electron chi connectivity index (χ1n) is 10.9. The molecule has 0 saturated heterocycles. The lowest BCUT2D eigenvalue weighted by molar-refractivity contribution is 0.319. The molecule has 0 radical (unpaired) electrons. The first kappa shape index (κ1) is 26.1. The van der Waals surface area contributed by atoms with Gasteiger partial charge >= 0.3 is 0 Å². The minimum atomic E-state index is -2.17. The van der Waals surface area contributed by atoms with Gasteiger partial charge in [0.15, 0.2) is 5.22 Å². The number of ether oxygens (including phenoxy) is 2. The van der Waals surface area contributed by atoms with Gasteiger partial charge < -0.3 is 9.47 Å². The first-order valence-corrected chi connectivity index (χ1v) is 13.0. The highest BCUT2D eigenvalue weighted by atomic mass is 35.5. The van der Waals surface area contributed by atoms with Crippen LogP contribution < -0.4 is 0 Å². The number of benzene rings is 1. The van der Waals surface area contributed by atoms with Gasteiger partial charge in [-0.15, -0.1) is 0 Å². The quantitative estimate of drug-likeness (QED) is 0.327. The molecule has 0 fully saturated rings. The summed E-state index contributed by atoms with van der Waals surface area (Å²) in [7, 11) is 1.16. The van der Waals surface area contributed by atoms with Crippen molar-refractivity contribution in [3.05, 3.63) is 50.2 Å². The number of allylic oxidation sites excluding steroid dienone is 2. The summed E-state index contributed by atoms with van der Waals surface area (Å²) in [6.07, 6.45) is 0. The van der Waals surface area contributed by atoms with Crippen molar-refractivity contribution in [3.63, 3.8) is 0 Å². The van der Waals surface area contributed by atoms with Gasteiger partial charge in [-0.05, 0) is 58.4 Å². The van der Waals surface area contributed by atoms with Crippen LogP contribution in [0.25, 0.3) is 0 Å². The average Bonchev–Trinajstić information content (AvgIpc) is 3.20. The van der Waals surface area contributed by atoms with E-state index in [1.165, 1.54) is 22.0 Å². The SMILES string of the molecule is COC1=C(C)P1(=Nc1c(C(C)(C)C)cc(C(C)(C)C)cc1C(C)(C)C)/C(C)=C(\Cl)OC. The number of halogens is 1. The number of methoxy groups -OCH3 is 2. The summed E-state index contributed by atoms with van der Waals surface area (Å²) >= 11 is 6.48. The topological polar surface area (TPSA) is 30.8 Å². The van der Waals surface area contributed by atoms with Gasteiger partial charge in [-0.1, -0.05) is 74.4 Å². The molecule has 0 bridgehead atoms. The van der Waals surface area contributed by atoms with Crippen molar-refractivity contribution in [3.8, 4) is 0 Å². The molecule has 0 N–H and O–H groups in total. The van der Waals surface area contributed by atoms with Crippen LogP contribution in [0.3, 0.4) is 0 Å². The molecular weight excluding hydrogens is 425 g/mol. The summed E-state index contributed by atoms with van der Waals surface area (Å²) in [4.78, 5) is 0. The zero-order chi connectivity index (χ0) is 24.2. The van der Waals surface area contributed by atoms with Crippen molar-refractivity contribution in [2.75, 3.05) is 14.2 Å². The highest BCUT2D eigenvalue weighted by molar-refractivity contribution is 7.85. The molecule has 5 heteroatoms. The maximum absolute atomic E-state index is 6.48. The van der Waals surface area contributed by atoms with Crippen molar-refractivity contribution in [1.82, 2.24) is 0 Å². The van der Waals surface area contributed by atoms with E-state index in [0.717, 1.165) is 16.5 Å². The van der Waals surface area contributed by atoms with Crippen LogP contribution in [-0.2, 0) is 25.7 Å². The van der Waals surface area contributed by atoms with E-state index in [9.17, 15) is 0 Å². The van der Waals surface area contributed by atoms with E-state index in [1.807, 2.05) is 6.92 Å². The lowest BCUT2D eigenvalue weighted by Gasteiger charge is -2.32. The third-order valence-corrected chi connectivity index (χ3v) is 10.3. The summed E-state index contributed by atoms with van der Waals surface area (Å²) in [5, 5.41) is 2.55. The minimum Gasteiger partial charge on any atom is -0.494 e. The summed E-state index contributed by atoms with van der Waals surface area (Å²) in [5.41, 5.74) is 5.82. The van der Waals surface area contributed by atoms with E-state index < -0.39 is 7.05 Å². The number of nitrogens with zero attached hydrogens (tertiary/aromatic N) is 1. The fourth-order valence-corrected chi connectivity index (χ4v) is 7.65. The molecule has 0 spiro atoms. The summed E-state index contributed by atoms with van der Waals surface area (Å²) < 4.78 is 16.7. The van der Waals surface area contributed by atoms with Crippen LogP contribution in [0.15, 0.2) is 38.2 Å². The van der Waals surface area contributed by atoms with Crippen molar-refractivity contribution in [1.29, 1.82) is 0 Å². The van der Waals surface area contributed by atoms with E-state index in [1.54, 1.807) is 14.2 Å². The second-order valence-electron chi connectivity index (χ2n) is 11.6. The number of hydrogen-bond donors (Lipinski definition) is 0. The zero-order valence-corrected chi connectivity index (χ0v) is 23.4. The van der Waals surface area contributed by atoms with Gasteiger partial charge in [0.25, 0.3) is 0 Å². The third-order valence-electron chi connectivity index (χ3n) is 6.02. The molecule has 174 valence electrons. The Labute approximate surface area is 195 Å². The van der Waals surface area contributed by atoms with Crippen molar-refractivity contribution in [2.24, 2.45) is 4.74 Å². The van der Waals surface area contributed by atoms with Gasteiger partial charge in [0.2, 0.25) is 0 Å². The summed E-state index contributed by atoms with van der Waals surface area (Å²) in [6, 6.07) is 4.71. The summed E-state index contributed by atoms with van der Waals surface area (Å²) in [6.45, 7) is 24.5. The van der Waals surface area contributed by atoms with Crippen molar-refractivity contribution < 1.29 is 9.47 Å². The van der Waals surface area contributed by atoms with Gasteiger partial charge in [-0.2, -0.15) is 0 Å². The molecule has 1 unspecified atom stereocenters. The monoisotopic (exact) mass is 465 g/mol. The molecular formula is C26H41ClNO2P. The predicted molar refractivity (Wildman–Crippen MR) is 137 cm³/mol.